The first-order chi connectivity index (χ1) is 9.12. The zero-order valence-corrected chi connectivity index (χ0v) is 12.4. The molecule has 1 heterocycles. The summed E-state index contributed by atoms with van der Waals surface area (Å²) < 4.78 is 5.96. The average Bonchev–Trinajstić information content (AvgIpc) is 2.46. The molecule has 3 atom stereocenters. The van der Waals surface area contributed by atoms with E-state index in [-0.39, 0.29) is 11.6 Å². The second kappa shape index (κ2) is 6.02. The molecule has 0 radical (unpaired) electrons. The highest BCUT2D eigenvalue weighted by Gasteiger charge is 2.39. The summed E-state index contributed by atoms with van der Waals surface area (Å²) in [6.45, 7) is 7.03. The lowest BCUT2D eigenvalue weighted by atomic mass is 9.75. The van der Waals surface area contributed by atoms with Gasteiger partial charge in [-0.3, -0.25) is 4.98 Å². The fourth-order valence-electron chi connectivity index (χ4n) is 3.18. The summed E-state index contributed by atoms with van der Waals surface area (Å²) in [7, 11) is 0. The van der Waals surface area contributed by atoms with Gasteiger partial charge in [-0.2, -0.15) is 0 Å². The SMILES string of the molecule is CCOC(C)(CC)C(N)C1CCCc2cccnc21. The van der Waals surface area contributed by atoms with Gasteiger partial charge in [0.2, 0.25) is 0 Å². The Kier molecular flexibility index (Phi) is 4.58. The lowest BCUT2D eigenvalue weighted by Crippen LogP contribution is -2.51. The minimum Gasteiger partial charge on any atom is -0.374 e. The molecular weight excluding hydrogens is 236 g/mol. The fourth-order valence-corrected chi connectivity index (χ4v) is 3.18. The molecule has 3 heteroatoms. The predicted molar refractivity (Wildman–Crippen MR) is 78.2 cm³/mol. The van der Waals surface area contributed by atoms with E-state index in [9.17, 15) is 0 Å². The molecule has 1 aliphatic rings. The van der Waals surface area contributed by atoms with Crippen LogP contribution in [0, 0.1) is 0 Å². The molecule has 0 saturated heterocycles. The van der Waals surface area contributed by atoms with E-state index in [0.717, 1.165) is 19.3 Å². The second-order valence-corrected chi connectivity index (χ2v) is 5.67. The van der Waals surface area contributed by atoms with Crippen LogP contribution in [0.2, 0.25) is 0 Å². The number of aryl methyl sites for hydroxylation is 1. The number of fused-ring (bicyclic) bond motifs is 1. The highest BCUT2D eigenvalue weighted by molar-refractivity contribution is 5.28. The molecule has 0 aromatic carbocycles. The Morgan fingerprint density at radius 2 is 2.32 bits per heavy atom. The van der Waals surface area contributed by atoms with Crippen LogP contribution in [0.5, 0.6) is 0 Å². The van der Waals surface area contributed by atoms with Crippen molar-refractivity contribution < 1.29 is 4.74 Å². The van der Waals surface area contributed by atoms with Crippen molar-refractivity contribution in [2.24, 2.45) is 5.73 Å². The molecule has 3 nitrogen and oxygen atoms in total. The van der Waals surface area contributed by atoms with Crippen LogP contribution in [0.4, 0.5) is 0 Å². The lowest BCUT2D eigenvalue weighted by Gasteiger charge is -2.40. The molecule has 1 aliphatic carbocycles. The predicted octanol–water partition coefficient (Wildman–Crippen LogP) is 3.03. The maximum atomic E-state index is 6.57. The van der Waals surface area contributed by atoms with Gasteiger partial charge in [0.25, 0.3) is 0 Å². The average molecular weight is 262 g/mol. The monoisotopic (exact) mass is 262 g/mol. The van der Waals surface area contributed by atoms with Gasteiger partial charge in [0, 0.05) is 30.5 Å². The summed E-state index contributed by atoms with van der Waals surface area (Å²) in [5, 5.41) is 0. The van der Waals surface area contributed by atoms with Crippen LogP contribution in [0.15, 0.2) is 18.3 Å². The summed E-state index contributed by atoms with van der Waals surface area (Å²) in [6, 6.07) is 4.21. The molecule has 3 unspecified atom stereocenters. The van der Waals surface area contributed by atoms with Crippen molar-refractivity contribution in [2.45, 2.75) is 64.0 Å². The van der Waals surface area contributed by atoms with Crippen molar-refractivity contribution >= 4 is 0 Å². The van der Waals surface area contributed by atoms with E-state index >= 15 is 0 Å². The number of hydrogen-bond acceptors (Lipinski definition) is 3. The summed E-state index contributed by atoms with van der Waals surface area (Å²) in [5.41, 5.74) is 8.87. The maximum absolute atomic E-state index is 6.57. The van der Waals surface area contributed by atoms with Gasteiger partial charge in [-0.05, 0) is 51.2 Å². The zero-order chi connectivity index (χ0) is 13.9. The van der Waals surface area contributed by atoms with Gasteiger partial charge in [-0.25, -0.2) is 0 Å². The van der Waals surface area contributed by atoms with Crippen LogP contribution in [-0.4, -0.2) is 23.2 Å². The highest BCUT2D eigenvalue weighted by Crippen LogP contribution is 2.37. The number of hydrogen-bond donors (Lipinski definition) is 1. The summed E-state index contributed by atoms with van der Waals surface area (Å²) >= 11 is 0. The van der Waals surface area contributed by atoms with Gasteiger partial charge < -0.3 is 10.5 Å². The molecule has 0 fully saturated rings. The number of pyridine rings is 1. The Hall–Kier alpha value is -0.930. The third kappa shape index (κ3) is 2.82. The van der Waals surface area contributed by atoms with E-state index in [2.05, 4.69) is 24.9 Å². The molecule has 1 aromatic heterocycles. The van der Waals surface area contributed by atoms with Crippen LogP contribution in [-0.2, 0) is 11.2 Å². The highest BCUT2D eigenvalue weighted by atomic mass is 16.5. The smallest absolute Gasteiger partial charge is 0.0808 e. The first-order valence-corrected chi connectivity index (χ1v) is 7.45. The summed E-state index contributed by atoms with van der Waals surface area (Å²) in [6.07, 6.45) is 6.26. The van der Waals surface area contributed by atoms with Gasteiger partial charge in [0.15, 0.2) is 0 Å². The van der Waals surface area contributed by atoms with E-state index < -0.39 is 0 Å². The van der Waals surface area contributed by atoms with Gasteiger partial charge in [0.1, 0.15) is 0 Å². The largest absolute Gasteiger partial charge is 0.374 e. The van der Waals surface area contributed by atoms with Crippen molar-refractivity contribution in [3.63, 3.8) is 0 Å². The molecule has 0 spiro atoms. The lowest BCUT2D eigenvalue weighted by molar-refractivity contribution is -0.0534. The van der Waals surface area contributed by atoms with E-state index in [1.807, 2.05) is 19.2 Å². The molecule has 0 saturated carbocycles. The molecule has 2 N–H and O–H groups in total. The summed E-state index contributed by atoms with van der Waals surface area (Å²) in [4.78, 5) is 4.59. The Morgan fingerprint density at radius 3 is 3.00 bits per heavy atom. The van der Waals surface area contributed by atoms with Crippen molar-refractivity contribution in [3.05, 3.63) is 29.6 Å². The van der Waals surface area contributed by atoms with E-state index in [1.54, 1.807) is 0 Å². The third-order valence-electron chi connectivity index (χ3n) is 4.55. The van der Waals surface area contributed by atoms with Gasteiger partial charge in [0.05, 0.1) is 5.60 Å². The van der Waals surface area contributed by atoms with Crippen LogP contribution < -0.4 is 5.73 Å². The Labute approximate surface area is 116 Å². The molecular formula is C16H26N2O. The Bertz CT molecular complexity index is 421. The fraction of sp³-hybridized carbons (Fsp3) is 0.688. The topological polar surface area (TPSA) is 48.1 Å². The van der Waals surface area contributed by atoms with E-state index in [4.69, 9.17) is 10.5 Å². The van der Waals surface area contributed by atoms with Gasteiger partial charge in [-0.1, -0.05) is 13.0 Å². The zero-order valence-electron chi connectivity index (χ0n) is 12.4. The number of aromatic nitrogens is 1. The van der Waals surface area contributed by atoms with E-state index in [1.165, 1.54) is 17.7 Å². The number of nitrogens with two attached hydrogens (primary N) is 1. The van der Waals surface area contributed by atoms with E-state index in [0.29, 0.717) is 12.5 Å². The van der Waals surface area contributed by atoms with Crippen molar-refractivity contribution in [1.29, 1.82) is 0 Å². The molecule has 0 aliphatic heterocycles. The molecule has 0 amide bonds. The van der Waals surface area contributed by atoms with Gasteiger partial charge in [-0.15, -0.1) is 0 Å². The number of nitrogens with zero attached hydrogens (tertiary/aromatic N) is 1. The quantitative estimate of drug-likeness (QED) is 0.887. The minimum atomic E-state index is -0.258. The van der Waals surface area contributed by atoms with Crippen LogP contribution >= 0.6 is 0 Å². The van der Waals surface area contributed by atoms with Crippen molar-refractivity contribution in [2.75, 3.05) is 6.61 Å². The maximum Gasteiger partial charge on any atom is 0.0808 e. The standard InChI is InChI=1S/C16H26N2O/c1-4-16(3,19-5-2)15(17)13-10-6-8-12-9-7-11-18-14(12)13/h7,9,11,13,15H,4-6,8,10,17H2,1-3H3. The molecule has 0 bridgehead atoms. The molecule has 19 heavy (non-hydrogen) atoms. The third-order valence-corrected chi connectivity index (χ3v) is 4.55. The number of rotatable bonds is 5. The minimum absolute atomic E-state index is 0.00593. The van der Waals surface area contributed by atoms with Crippen LogP contribution in [0.3, 0.4) is 0 Å². The Balaban J connectivity index is 2.27. The van der Waals surface area contributed by atoms with Gasteiger partial charge >= 0.3 is 0 Å². The van der Waals surface area contributed by atoms with Crippen LogP contribution in [0.1, 0.15) is 57.2 Å². The number of ether oxygens (including phenoxy) is 1. The van der Waals surface area contributed by atoms with Crippen molar-refractivity contribution in [1.82, 2.24) is 4.98 Å². The molecule has 1 aromatic rings. The second-order valence-electron chi connectivity index (χ2n) is 5.67. The first-order valence-electron chi connectivity index (χ1n) is 7.45. The van der Waals surface area contributed by atoms with Crippen molar-refractivity contribution in [3.8, 4) is 0 Å². The molecule has 2 rings (SSSR count). The normalized spacial score (nSPS) is 23.5. The molecule has 106 valence electrons. The first kappa shape index (κ1) is 14.5. The Morgan fingerprint density at radius 1 is 1.53 bits per heavy atom. The van der Waals surface area contributed by atoms with Crippen LogP contribution in [0.25, 0.3) is 0 Å². The summed E-state index contributed by atoms with van der Waals surface area (Å²) in [5.74, 6) is 0.321.